The smallest absolute Gasteiger partial charge is 0.166 e. The van der Waals surface area contributed by atoms with Crippen molar-refractivity contribution >= 4 is 21.0 Å². The summed E-state index contributed by atoms with van der Waals surface area (Å²) in [6.45, 7) is 1.31. The summed E-state index contributed by atoms with van der Waals surface area (Å²) in [6, 6.07) is 32.2. The number of benzene rings is 3. The second-order valence-corrected chi connectivity index (χ2v) is 8.81. The van der Waals surface area contributed by atoms with Gasteiger partial charge in [-0.2, -0.15) is 0 Å². The summed E-state index contributed by atoms with van der Waals surface area (Å²) in [4.78, 5) is 4.08. The van der Waals surface area contributed by atoms with Crippen LogP contribution in [0.2, 0.25) is 0 Å². The van der Waals surface area contributed by atoms with Gasteiger partial charge in [0.25, 0.3) is 0 Å². The van der Waals surface area contributed by atoms with Crippen molar-refractivity contribution in [3.63, 3.8) is 0 Å². The van der Waals surface area contributed by atoms with E-state index in [9.17, 15) is 13.0 Å². The average molecular weight is 373 g/mol. The Morgan fingerprint density at radius 2 is 0.920 bits per heavy atom. The molecule has 0 saturated carbocycles. The van der Waals surface area contributed by atoms with Crippen LogP contribution >= 0.6 is 0 Å². The summed E-state index contributed by atoms with van der Waals surface area (Å²) in [5, 5.41) is 0. The molecule has 0 spiro atoms. The monoisotopic (exact) mass is 372 g/mol. The molecule has 0 heterocycles. The predicted octanol–water partition coefficient (Wildman–Crippen LogP) is 4.33. The number of hydrogen-bond acceptors (Lipinski definition) is 3. The molecular weight excluding hydrogens is 352 g/mol. The van der Waals surface area contributed by atoms with Gasteiger partial charge in [-0.05, 0) is 36.4 Å². The Morgan fingerprint density at radius 3 is 1.12 bits per heavy atom. The molecule has 0 aliphatic carbocycles. The molecule has 0 aliphatic rings. The maximum atomic E-state index is 9.44. The third kappa shape index (κ3) is 6.38. The maximum Gasteiger partial charge on any atom is 0.166 e. The number of hydrogen-bond donors (Lipinski definition) is 0. The highest BCUT2D eigenvalue weighted by Gasteiger charge is 2.27. The third-order valence-electron chi connectivity index (χ3n) is 3.29. The Hall–Kier alpha value is -2.08. The molecule has 0 fully saturated rings. The summed E-state index contributed by atoms with van der Waals surface area (Å²) < 4.78 is 28.3. The fourth-order valence-corrected chi connectivity index (χ4v) is 4.18. The van der Waals surface area contributed by atoms with Crippen molar-refractivity contribution in [2.24, 2.45) is 0 Å². The van der Waals surface area contributed by atoms with Crippen LogP contribution < -0.4 is 0 Å². The molecule has 0 atom stereocenters. The first-order chi connectivity index (χ1) is 12.0. The molecule has 0 aromatic heterocycles. The van der Waals surface area contributed by atoms with E-state index in [1.165, 1.54) is 21.6 Å². The Labute approximate surface area is 152 Å². The van der Waals surface area contributed by atoms with E-state index in [4.69, 9.17) is 0 Å². The minimum absolute atomic E-state index is 0.0146. The van der Waals surface area contributed by atoms with Gasteiger partial charge in [-0.1, -0.05) is 61.5 Å². The number of rotatable bonds is 4. The first-order valence-electron chi connectivity index (χ1n) is 7.84. The van der Waals surface area contributed by atoms with E-state index < -0.39 is 10.1 Å². The molecule has 0 saturated heterocycles. The van der Waals surface area contributed by atoms with Crippen molar-refractivity contribution in [1.82, 2.24) is 0 Å². The van der Waals surface area contributed by atoms with Crippen LogP contribution in [0.15, 0.2) is 106 Å². The van der Waals surface area contributed by atoms with Crippen LogP contribution in [0.25, 0.3) is 0 Å². The minimum Gasteiger partial charge on any atom is -0.748 e. The van der Waals surface area contributed by atoms with Gasteiger partial charge in [-0.25, -0.2) is 8.42 Å². The lowest BCUT2D eigenvalue weighted by Gasteiger charge is -2.07. The van der Waals surface area contributed by atoms with Crippen molar-refractivity contribution in [2.45, 2.75) is 21.6 Å². The second-order valence-electron chi connectivity index (χ2n) is 5.09. The van der Waals surface area contributed by atoms with E-state index in [0.717, 1.165) is 0 Å². The van der Waals surface area contributed by atoms with Gasteiger partial charge in [0.2, 0.25) is 0 Å². The highest BCUT2D eigenvalue weighted by molar-refractivity contribution is 7.97. The molecule has 3 rings (SSSR count). The Kier molecular flexibility index (Phi) is 7.25. The molecule has 0 N–H and O–H groups in total. The van der Waals surface area contributed by atoms with Gasteiger partial charge in [0.05, 0.1) is 21.0 Å². The van der Waals surface area contributed by atoms with Gasteiger partial charge in [0, 0.05) is 5.75 Å². The zero-order valence-electron chi connectivity index (χ0n) is 13.9. The molecule has 130 valence electrons. The van der Waals surface area contributed by atoms with Gasteiger partial charge in [0.15, 0.2) is 14.7 Å². The van der Waals surface area contributed by atoms with Gasteiger partial charge >= 0.3 is 0 Å². The first-order valence-corrected chi connectivity index (χ1v) is 10.6. The lowest BCUT2D eigenvalue weighted by atomic mass is 10.4. The summed E-state index contributed by atoms with van der Waals surface area (Å²) in [6.07, 6.45) is 0. The molecule has 0 aliphatic heterocycles. The van der Waals surface area contributed by atoms with E-state index in [2.05, 4.69) is 91.0 Å². The van der Waals surface area contributed by atoms with Gasteiger partial charge in [-0.3, -0.25) is 0 Å². The Bertz CT molecular complexity index is 755. The van der Waals surface area contributed by atoms with Crippen LogP contribution in [-0.2, 0) is 21.0 Å². The quantitative estimate of drug-likeness (QED) is 0.506. The molecule has 3 aromatic rings. The lowest BCUT2D eigenvalue weighted by molar-refractivity contribution is 0.464. The Morgan fingerprint density at radius 1 is 0.680 bits per heavy atom. The highest BCUT2D eigenvalue weighted by Crippen LogP contribution is 2.30. The minimum atomic E-state index is -3.91. The Balaban J connectivity index is 0.000000326. The average Bonchev–Trinajstić information content (AvgIpc) is 2.65. The van der Waals surface area contributed by atoms with Crippen LogP contribution in [-0.4, -0.2) is 18.7 Å². The van der Waals surface area contributed by atoms with Crippen molar-refractivity contribution < 1.29 is 13.0 Å². The lowest BCUT2D eigenvalue weighted by Crippen LogP contribution is -2.04. The first kappa shape index (κ1) is 19.2. The van der Waals surface area contributed by atoms with Crippen LogP contribution in [0.4, 0.5) is 0 Å². The topological polar surface area (TPSA) is 57.2 Å². The highest BCUT2D eigenvalue weighted by atomic mass is 32.2. The molecule has 5 heteroatoms. The second kappa shape index (κ2) is 9.42. The van der Waals surface area contributed by atoms with E-state index in [1.807, 2.05) is 0 Å². The molecule has 0 unspecified atom stereocenters. The molecule has 0 bridgehead atoms. The summed E-state index contributed by atoms with van der Waals surface area (Å²) in [7, 11) is -3.93. The third-order valence-corrected chi connectivity index (χ3v) is 6.23. The van der Waals surface area contributed by atoms with E-state index in [1.54, 1.807) is 0 Å². The van der Waals surface area contributed by atoms with Crippen molar-refractivity contribution in [3.05, 3.63) is 91.0 Å². The summed E-state index contributed by atoms with van der Waals surface area (Å²) >= 11 is 0. The van der Waals surface area contributed by atoms with Crippen molar-refractivity contribution in [3.8, 4) is 0 Å². The predicted molar refractivity (Wildman–Crippen MR) is 102 cm³/mol. The molecule has 25 heavy (non-hydrogen) atoms. The van der Waals surface area contributed by atoms with E-state index >= 15 is 0 Å². The molecule has 3 aromatic carbocycles. The van der Waals surface area contributed by atoms with Crippen molar-refractivity contribution in [1.29, 1.82) is 0 Å². The van der Waals surface area contributed by atoms with Crippen LogP contribution in [0.5, 0.6) is 0 Å². The fraction of sp³-hybridized carbons (Fsp3) is 0.100. The van der Waals surface area contributed by atoms with Gasteiger partial charge in [0.1, 0.15) is 0 Å². The van der Waals surface area contributed by atoms with E-state index in [-0.39, 0.29) is 16.6 Å². The summed E-state index contributed by atoms with van der Waals surface area (Å²) in [5.74, 6) is -0.312. The zero-order chi connectivity index (χ0) is 18.1. The largest absolute Gasteiger partial charge is 0.748 e. The normalized spacial score (nSPS) is 10.8. The molecule has 0 amide bonds. The maximum absolute atomic E-state index is 9.44. The van der Waals surface area contributed by atoms with Crippen LogP contribution in [0, 0.1) is 0 Å². The summed E-state index contributed by atoms with van der Waals surface area (Å²) in [5.41, 5.74) is 0. The van der Waals surface area contributed by atoms with Gasteiger partial charge < -0.3 is 4.55 Å². The molecular formula is C20H20O3S2. The standard InChI is InChI=1S/C18H15S.C2H6O3S/c1-4-10-16(11-5-1)19(17-12-6-2-7-13-17)18-14-8-3-9-15-18;1-2-6(3,4)5/h1-15H;2H2,1H3,(H,3,4,5)/q+1;/p-1. The van der Waals surface area contributed by atoms with E-state index in [0.29, 0.717) is 0 Å². The zero-order valence-corrected chi connectivity index (χ0v) is 15.5. The van der Waals surface area contributed by atoms with Crippen LogP contribution in [0.1, 0.15) is 6.92 Å². The van der Waals surface area contributed by atoms with Crippen molar-refractivity contribution in [2.75, 3.05) is 5.75 Å². The van der Waals surface area contributed by atoms with Gasteiger partial charge in [-0.15, -0.1) is 0 Å². The van der Waals surface area contributed by atoms with Crippen LogP contribution in [0.3, 0.4) is 0 Å². The SMILES string of the molecule is CCS(=O)(=O)[O-].c1ccc([S+](c2ccccc2)c2ccccc2)cc1. The fourth-order valence-electron chi connectivity index (χ4n) is 2.08. The molecule has 3 nitrogen and oxygen atoms in total. The molecule has 0 radical (unpaired) electrons.